The van der Waals surface area contributed by atoms with Crippen molar-refractivity contribution in [2.24, 2.45) is 5.41 Å². The summed E-state index contributed by atoms with van der Waals surface area (Å²) in [5.74, 6) is 0.248. The molecule has 0 radical (unpaired) electrons. The van der Waals surface area contributed by atoms with E-state index < -0.39 is 0 Å². The molecule has 1 amide bonds. The number of fused-ring (bicyclic) bond motifs is 1. The molecule has 0 unspecified atom stereocenters. The summed E-state index contributed by atoms with van der Waals surface area (Å²) in [6, 6.07) is 6.01. The van der Waals surface area contributed by atoms with E-state index in [0.717, 1.165) is 25.1 Å². The summed E-state index contributed by atoms with van der Waals surface area (Å²) in [5.41, 5.74) is 8.84. The molecule has 98 valence electrons. The molecule has 1 aromatic carbocycles. The van der Waals surface area contributed by atoms with Crippen LogP contribution in [0, 0.1) is 5.41 Å². The predicted octanol–water partition coefficient (Wildman–Crippen LogP) is 2.59. The Kier molecular flexibility index (Phi) is 3.33. The van der Waals surface area contributed by atoms with Gasteiger partial charge in [0.05, 0.1) is 0 Å². The third-order valence-corrected chi connectivity index (χ3v) is 3.99. The summed E-state index contributed by atoms with van der Waals surface area (Å²) in [7, 11) is 0. The number of hydrogen-bond acceptors (Lipinski definition) is 2. The Hall–Kier alpha value is -1.51. The lowest BCUT2D eigenvalue weighted by Gasteiger charge is -2.35. The van der Waals surface area contributed by atoms with Crippen LogP contribution in [0.3, 0.4) is 0 Å². The van der Waals surface area contributed by atoms with Crippen LogP contribution in [0.1, 0.15) is 38.3 Å². The van der Waals surface area contributed by atoms with Gasteiger partial charge in [-0.2, -0.15) is 0 Å². The van der Waals surface area contributed by atoms with Crippen molar-refractivity contribution in [3.05, 3.63) is 29.3 Å². The van der Waals surface area contributed by atoms with E-state index in [1.165, 1.54) is 11.1 Å². The van der Waals surface area contributed by atoms with Gasteiger partial charge in [0.15, 0.2) is 0 Å². The van der Waals surface area contributed by atoms with E-state index in [1.807, 2.05) is 30.9 Å². The van der Waals surface area contributed by atoms with Crippen LogP contribution in [0.4, 0.5) is 5.69 Å². The number of carbonyl (C=O) groups is 1. The van der Waals surface area contributed by atoms with Crippen molar-refractivity contribution >= 4 is 11.6 Å². The molecule has 3 nitrogen and oxygen atoms in total. The van der Waals surface area contributed by atoms with E-state index in [0.29, 0.717) is 6.54 Å². The van der Waals surface area contributed by atoms with Crippen molar-refractivity contribution in [2.45, 2.75) is 40.2 Å². The minimum atomic E-state index is -0.266. The number of benzene rings is 1. The van der Waals surface area contributed by atoms with Gasteiger partial charge in [0.25, 0.3) is 0 Å². The molecule has 0 spiro atoms. The Morgan fingerprint density at radius 2 is 2.11 bits per heavy atom. The molecule has 0 atom stereocenters. The quantitative estimate of drug-likeness (QED) is 0.815. The molecule has 3 heteroatoms. The van der Waals surface area contributed by atoms with Crippen LogP contribution in [0.2, 0.25) is 0 Å². The number of nitrogen functional groups attached to an aromatic ring is 1. The topological polar surface area (TPSA) is 46.3 Å². The Balaban J connectivity index is 2.19. The lowest BCUT2D eigenvalue weighted by molar-refractivity contribution is -0.141. The third kappa shape index (κ3) is 2.35. The van der Waals surface area contributed by atoms with Gasteiger partial charge in [0.2, 0.25) is 5.91 Å². The van der Waals surface area contributed by atoms with E-state index >= 15 is 0 Å². The first kappa shape index (κ1) is 12.9. The third-order valence-electron chi connectivity index (χ3n) is 3.99. The molecule has 0 saturated heterocycles. The summed E-state index contributed by atoms with van der Waals surface area (Å²) in [5, 5.41) is 0. The predicted molar refractivity (Wildman–Crippen MR) is 74.0 cm³/mol. The van der Waals surface area contributed by atoms with Crippen molar-refractivity contribution in [3.63, 3.8) is 0 Å². The molecule has 2 N–H and O–H groups in total. The summed E-state index contributed by atoms with van der Waals surface area (Å²) < 4.78 is 0. The zero-order valence-electron chi connectivity index (χ0n) is 11.5. The first-order chi connectivity index (χ1) is 8.44. The van der Waals surface area contributed by atoms with Gasteiger partial charge in [-0.05, 0) is 36.1 Å². The summed E-state index contributed by atoms with van der Waals surface area (Å²) in [4.78, 5) is 14.4. The number of nitrogens with two attached hydrogens (primary N) is 1. The highest BCUT2D eigenvalue weighted by Crippen LogP contribution is 2.28. The molecule has 1 aromatic rings. The summed E-state index contributed by atoms with van der Waals surface area (Å²) >= 11 is 0. The second-order valence-corrected chi connectivity index (χ2v) is 5.74. The monoisotopic (exact) mass is 246 g/mol. The van der Waals surface area contributed by atoms with Crippen LogP contribution < -0.4 is 5.73 Å². The van der Waals surface area contributed by atoms with Gasteiger partial charge in [-0.3, -0.25) is 4.79 Å². The zero-order valence-corrected chi connectivity index (χ0v) is 11.5. The van der Waals surface area contributed by atoms with Gasteiger partial charge in [-0.15, -0.1) is 0 Å². The minimum absolute atomic E-state index is 0.248. The van der Waals surface area contributed by atoms with Gasteiger partial charge >= 0.3 is 0 Å². The molecule has 2 rings (SSSR count). The molecule has 18 heavy (non-hydrogen) atoms. The maximum absolute atomic E-state index is 12.4. The van der Waals surface area contributed by atoms with E-state index in [4.69, 9.17) is 5.73 Å². The van der Waals surface area contributed by atoms with E-state index in [9.17, 15) is 4.79 Å². The minimum Gasteiger partial charge on any atom is -0.399 e. The second kappa shape index (κ2) is 4.63. The van der Waals surface area contributed by atoms with Gasteiger partial charge in [0.1, 0.15) is 0 Å². The van der Waals surface area contributed by atoms with E-state index in [-0.39, 0.29) is 11.3 Å². The number of nitrogens with zero attached hydrogens (tertiary/aromatic N) is 1. The molecule has 0 fully saturated rings. The molecular weight excluding hydrogens is 224 g/mol. The van der Waals surface area contributed by atoms with Crippen molar-refractivity contribution in [1.82, 2.24) is 4.90 Å². The maximum Gasteiger partial charge on any atom is 0.228 e. The second-order valence-electron chi connectivity index (χ2n) is 5.74. The molecule has 0 aromatic heterocycles. The van der Waals surface area contributed by atoms with Crippen LogP contribution in [-0.4, -0.2) is 17.4 Å². The van der Waals surface area contributed by atoms with Crippen LogP contribution in [0.5, 0.6) is 0 Å². The van der Waals surface area contributed by atoms with E-state index in [1.54, 1.807) is 0 Å². The number of hydrogen-bond donors (Lipinski definition) is 1. The maximum atomic E-state index is 12.4. The fourth-order valence-corrected chi connectivity index (χ4v) is 2.33. The zero-order chi connectivity index (χ0) is 13.3. The fourth-order valence-electron chi connectivity index (χ4n) is 2.33. The number of anilines is 1. The van der Waals surface area contributed by atoms with Crippen LogP contribution >= 0.6 is 0 Å². The number of rotatable bonds is 2. The highest BCUT2D eigenvalue weighted by molar-refractivity contribution is 5.82. The average molecular weight is 246 g/mol. The summed E-state index contributed by atoms with van der Waals surface area (Å²) in [6.07, 6.45) is 1.80. The Bertz CT molecular complexity index is 466. The smallest absolute Gasteiger partial charge is 0.228 e. The van der Waals surface area contributed by atoms with Crippen molar-refractivity contribution < 1.29 is 4.79 Å². The molecule has 1 aliphatic heterocycles. The average Bonchev–Trinajstić information content (AvgIpc) is 2.36. The Morgan fingerprint density at radius 3 is 2.78 bits per heavy atom. The molecule has 1 heterocycles. The first-order valence-corrected chi connectivity index (χ1v) is 6.60. The molecule has 0 bridgehead atoms. The lowest BCUT2D eigenvalue weighted by atomic mass is 9.87. The molecule has 0 saturated carbocycles. The van der Waals surface area contributed by atoms with E-state index in [2.05, 4.69) is 13.0 Å². The van der Waals surface area contributed by atoms with Crippen molar-refractivity contribution in [2.75, 3.05) is 12.3 Å². The van der Waals surface area contributed by atoms with Gasteiger partial charge in [0, 0.05) is 24.2 Å². The molecule has 1 aliphatic rings. The molecular formula is C15H22N2O. The van der Waals surface area contributed by atoms with Gasteiger partial charge in [-0.25, -0.2) is 0 Å². The van der Waals surface area contributed by atoms with Crippen LogP contribution in [0.25, 0.3) is 0 Å². The SMILES string of the molecule is CCC(C)(C)C(=O)N1CCc2ccc(N)cc2C1. The number of amides is 1. The van der Waals surface area contributed by atoms with Crippen LogP contribution in [-0.2, 0) is 17.8 Å². The normalized spacial score (nSPS) is 15.4. The first-order valence-electron chi connectivity index (χ1n) is 6.60. The largest absolute Gasteiger partial charge is 0.399 e. The fraction of sp³-hybridized carbons (Fsp3) is 0.533. The van der Waals surface area contributed by atoms with Gasteiger partial charge in [-0.1, -0.05) is 26.8 Å². The number of carbonyl (C=O) groups excluding carboxylic acids is 1. The Morgan fingerprint density at radius 1 is 1.39 bits per heavy atom. The van der Waals surface area contributed by atoms with Gasteiger partial charge < -0.3 is 10.6 Å². The highest BCUT2D eigenvalue weighted by atomic mass is 16.2. The van der Waals surface area contributed by atoms with Crippen molar-refractivity contribution in [1.29, 1.82) is 0 Å². The summed E-state index contributed by atoms with van der Waals surface area (Å²) in [6.45, 7) is 7.62. The lowest BCUT2D eigenvalue weighted by Crippen LogP contribution is -2.43. The Labute approximate surface area is 109 Å². The van der Waals surface area contributed by atoms with Crippen LogP contribution in [0.15, 0.2) is 18.2 Å². The standard InChI is InChI=1S/C15H22N2O/c1-4-15(2,3)14(18)17-8-7-11-5-6-13(16)9-12(11)10-17/h5-6,9H,4,7-8,10,16H2,1-3H3. The molecule has 0 aliphatic carbocycles. The van der Waals surface area contributed by atoms with Crippen molar-refractivity contribution in [3.8, 4) is 0 Å². The highest BCUT2D eigenvalue weighted by Gasteiger charge is 2.31.